The van der Waals surface area contributed by atoms with Crippen molar-refractivity contribution in [1.29, 1.82) is 0 Å². The molecule has 7 nitrogen and oxygen atoms in total. The summed E-state index contributed by atoms with van der Waals surface area (Å²) >= 11 is 0. The van der Waals surface area contributed by atoms with E-state index in [1.54, 1.807) is 0 Å². The van der Waals surface area contributed by atoms with Gasteiger partial charge >= 0.3 is 0 Å². The average molecular weight is 1180 g/mol. The number of ether oxygens (including phenoxy) is 2. The minimum absolute atomic E-state index is 0.138. The smallest absolute Gasteiger partial charge is 0.256 e. The first-order chi connectivity index (χ1) is 45.3. The summed E-state index contributed by atoms with van der Waals surface area (Å²) in [6.07, 6.45) is 0. The highest BCUT2D eigenvalue weighted by Crippen LogP contribution is 2.52. The largest absolute Gasteiger partial charge is 0.458 e. The highest BCUT2D eigenvalue weighted by atomic mass is 16.5. The molecule has 13 aromatic carbocycles. The molecule has 0 unspecified atom stereocenters. The Bertz CT molecular complexity index is 4880. The summed E-state index contributed by atoms with van der Waals surface area (Å²) < 4.78 is 15.0. The monoisotopic (exact) mass is 1180 g/mol. The van der Waals surface area contributed by atoms with E-state index in [1.165, 1.54) is 60.5 Å². The molecular weight excluding hydrogens is 1120 g/mol. The van der Waals surface area contributed by atoms with Gasteiger partial charge in [-0.3, -0.25) is 0 Å². The summed E-state index contributed by atoms with van der Waals surface area (Å²) in [4.78, 5) is 12.5. The Morgan fingerprint density at radius 3 is 1.03 bits per heavy atom. The first-order valence-electron chi connectivity index (χ1n) is 32.0. The molecule has 0 N–H and O–H groups in total. The fraction of sp³-hybridized carbons (Fsp3) is 0.0488. The third kappa shape index (κ3) is 7.55. The summed E-state index contributed by atoms with van der Waals surface area (Å²) in [5, 5.41) is 0. The molecule has 0 atom stereocenters. The molecule has 0 amide bonds. The molecule has 6 heterocycles. The number of fused-ring (bicyclic) bond motifs is 12. The predicted octanol–water partition coefficient (Wildman–Crippen LogP) is 15.3. The van der Waals surface area contributed by atoms with Crippen LogP contribution < -0.4 is 83.1 Å². The van der Waals surface area contributed by atoms with Gasteiger partial charge in [0.05, 0.1) is 17.1 Å². The lowest BCUT2D eigenvalue weighted by molar-refractivity contribution is 0.487. The first-order valence-corrected chi connectivity index (χ1v) is 32.0. The zero-order valence-corrected chi connectivity index (χ0v) is 51.3. The lowest BCUT2D eigenvalue weighted by atomic mass is 9.29. The van der Waals surface area contributed by atoms with Crippen molar-refractivity contribution >= 4 is 155 Å². The van der Waals surface area contributed by atoms with Crippen molar-refractivity contribution in [2.45, 2.75) is 27.7 Å². The normalized spacial score (nSPS) is 13.7. The van der Waals surface area contributed by atoms with E-state index in [1.807, 2.05) is 0 Å². The van der Waals surface area contributed by atoms with Crippen molar-refractivity contribution in [1.82, 2.24) is 0 Å². The van der Waals surface area contributed by atoms with Crippen LogP contribution in [-0.4, -0.2) is 20.1 Å². The maximum Gasteiger partial charge on any atom is 0.256 e. The molecule has 10 heteroatoms. The highest BCUT2D eigenvalue weighted by Gasteiger charge is 2.50. The van der Waals surface area contributed by atoms with Crippen LogP contribution in [0.3, 0.4) is 0 Å². The number of para-hydroxylation sites is 8. The van der Waals surface area contributed by atoms with Gasteiger partial charge < -0.3 is 34.0 Å². The third-order valence-corrected chi connectivity index (χ3v) is 20.1. The van der Waals surface area contributed by atoms with Crippen LogP contribution >= 0.6 is 0 Å². The second-order valence-corrected chi connectivity index (χ2v) is 25.3. The lowest BCUT2D eigenvalue weighted by Crippen LogP contribution is -2.66. The van der Waals surface area contributed by atoms with E-state index in [9.17, 15) is 0 Å². The fourth-order valence-corrected chi connectivity index (χ4v) is 16.5. The van der Waals surface area contributed by atoms with Crippen molar-refractivity contribution in [3.05, 3.63) is 301 Å². The fourth-order valence-electron chi connectivity index (χ4n) is 16.5. The average Bonchev–Trinajstić information content (AvgIpc) is 0.675. The zero-order valence-electron chi connectivity index (χ0n) is 51.3. The van der Waals surface area contributed by atoms with Gasteiger partial charge in [0.25, 0.3) is 20.1 Å². The molecule has 6 aliphatic heterocycles. The summed E-state index contributed by atoms with van der Waals surface area (Å²) in [6.45, 7) is 8.52. The van der Waals surface area contributed by atoms with Gasteiger partial charge in [0.1, 0.15) is 23.0 Å². The molecule has 6 aliphatic rings. The van der Waals surface area contributed by atoms with Gasteiger partial charge in [0, 0.05) is 80.4 Å². The molecule has 19 rings (SSSR count). The summed E-state index contributed by atoms with van der Waals surface area (Å²) in [5.74, 6) is 3.44. The Balaban J connectivity index is 0.940. The van der Waals surface area contributed by atoms with Gasteiger partial charge in [-0.1, -0.05) is 170 Å². The molecule has 13 aromatic rings. The maximum absolute atomic E-state index is 7.51. The van der Waals surface area contributed by atoms with E-state index >= 15 is 0 Å². The third-order valence-electron chi connectivity index (χ3n) is 20.1. The van der Waals surface area contributed by atoms with E-state index in [4.69, 9.17) is 9.47 Å². The van der Waals surface area contributed by atoms with E-state index in [0.29, 0.717) is 0 Å². The van der Waals surface area contributed by atoms with Gasteiger partial charge in [-0.25, -0.2) is 0 Å². The van der Waals surface area contributed by atoms with Crippen LogP contribution in [0.25, 0.3) is 0 Å². The summed E-state index contributed by atoms with van der Waals surface area (Å²) in [5.41, 5.74) is 32.1. The maximum atomic E-state index is 7.51. The van der Waals surface area contributed by atoms with Gasteiger partial charge in [0.2, 0.25) is 0 Å². The number of hydrogen-bond acceptors (Lipinski definition) is 7. The van der Waals surface area contributed by atoms with Gasteiger partial charge in [-0.05, 0) is 196 Å². The molecule has 0 saturated carbocycles. The number of rotatable bonds is 7. The number of hydrogen-bond donors (Lipinski definition) is 0. The molecule has 0 radical (unpaired) electrons. The molecule has 0 fully saturated rings. The standard InChI is InChI=1S/C82H58B3N5O2/c1-51-25-21-26-52(2)81(51)89-70-49-76-64(83-60-37-17-19-39-66(60)87(57-33-13-7-14-34-57)68-41-23-43-74(91-76)79(68)83)47-62(70)85-63-48-65-77(92-75-44-24-42-69-80(75)84(65)61-38-18-20-40-67(61)88(69)58-35-15-8-16-36-58)50-71(63)90(82-53(3)27-22-28-54(82)4)73-46-59(45-72(89)78(73)85)86(55-29-9-5-10-30-55)56-31-11-6-12-32-56/h5-50H,1-4H3. The highest BCUT2D eigenvalue weighted by molar-refractivity contribution is 7.04. The molecule has 432 valence electrons. The van der Waals surface area contributed by atoms with E-state index in [-0.39, 0.29) is 20.1 Å². The van der Waals surface area contributed by atoms with E-state index < -0.39 is 0 Å². The van der Waals surface area contributed by atoms with Gasteiger partial charge in [-0.2, -0.15) is 0 Å². The molecule has 92 heavy (non-hydrogen) atoms. The molecule has 0 aromatic heterocycles. The van der Waals surface area contributed by atoms with Crippen molar-refractivity contribution in [3.8, 4) is 23.0 Å². The Labute approximate surface area is 537 Å². The van der Waals surface area contributed by atoms with Gasteiger partial charge in [0.15, 0.2) is 0 Å². The zero-order chi connectivity index (χ0) is 61.0. The van der Waals surface area contributed by atoms with Crippen LogP contribution in [0, 0.1) is 27.7 Å². The second-order valence-electron chi connectivity index (χ2n) is 25.3. The Morgan fingerprint density at radius 2 is 0.609 bits per heavy atom. The minimum atomic E-state index is -0.287. The van der Waals surface area contributed by atoms with Crippen LogP contribution in [0.5, 0.6) is 23.0 Å². The minimum Gasteiger partial charge on any atom is -0.458 e. The number of benzene rings is 13. The van der Waals surface area contributed by atoms with Crippen molar-refractivity contribution in [2.24, 2.45) is 0 Å². The molecule has 0 spiro atoms. The summed E-state index contributed by atoms with van der Waals surface area (Å²) in [6, 6.07) is 103. The number of aryl methyl sites for hydroxylation is 4. The van der Waals surface area contributed by atoms with E-state index in [0.717, 1.165) is 119 Å². The first kappa shape index (κ1) is 52.6. The Kier molecular flexibility index (Phi) is 11.5. The summed E-state index contributed by atoms with van der Waals surface area (Å²) in [7, 11) is 0. The second kappa shape index (κ2) is 20.1. The predicted molar refractivity (Wildman–Crippen MR) is 386 cm³/mol. The SMILES string of the molecule is Cc1cccc(C)c1N1c2cc3c(cc2B2c4cc5c(cc4N(c4c(C)cccc4C)c4cc(N(c6ccccc6)c6ccccc6)cc1c42)Oc1cccc2c1B5c1ccccc1N2c1ccccc1)B1c2ccccc2N(c2ccccc2)c2cccc(c21)O3. The molecule has 0 saturated heterocycles. The lowest BCUT2D eigenvalue weighted by Gasteiger charge is -2.47. The van der Waals surface area contributed by atoms with Crippen molar-refractivity contribution in [3.63, 3.8) is 0 Å². The quantitative estimate of drug-likeness (QED) is 0.147. The van der Waals surface area contributed by atoms with Crippen LogP contribution in [0.15, 0.2) is 279 Å². The topological polar surface area (TPSA) is 34.7 Å². The molecule has 0 bridgehead atoms. The Morgan fingerprint density at radius 1 is 0.250 bits per heavy atom. The van der Waals surface area contributed by atoms with Crippen molar-refractivity contribution in [2.75, 3.05) is 24.5 Å². The molecule has 0 aliphatic carbocycles. The van der Waals surface area contributed by atoms with Crippen LogP contribution in [0.4, 0.5) is 85.3 Å². The molecular formula is C82H58B3N5O2. The van der Waals surface area contributed by atoms with Gasteiger partial charge in [-0.15, -0.1) is 0 Å². The van der Waals surface area contributed by atoms with Crippen LogP contribution in [-0.2, 0) is 0 Å². The van der Waals surface area contributed by atoms with Crippen LogP contribution in [0.1, 0.15) is 22.3 Å². The number of anilines is 15. The Hall–Kier alpha value is -11.3. The van der Waals surface area contributed by atoms with Crippen molar-refractivity contribution < 1.29 is 9.47 Å². The number of nitrogens with zero attached hydrogens (tertiary/aromatic N) is 5. The van der Waals surface area contributed by atoms with Crippen LogP contribution in [0.2, 0.25) is 0 Å². The van der Waals surface area contributed by atoms with E-state index in [2.05, 4.69) is 331 Å².